The molecular formula is C29H30F3N4O4PS. The molecule has 3 heterocycles. The number of hydrogen-bond donors (Lipinski definition) is 4. The first-order valence-electron chi connectivity index (χ1n) is 13.5. The van der Waals surface area contributed by atoms with E-state index >= 15 is 0 Å². The van der Waals surface area contributed by atoms with E-state index in [4.69, 9.17) is 0 Å². The zero-order chi connectivity index (χ0) is 30.4. The van der Waals surface area contributed by atoms with E-state index in [1.54, 1.807) is 18.3 Å². The van der Waals surface area contributed by atoms with Gasteiger partial charge in [-0.3, -0.25) is 4.57 Å². The molecule has 0 radical (unpaired) electrons. The highest BCUT2D eigenvalue weighted by atomic mass is 32.1. The normalized spacial score (nSPS) is 17.3. The van der Waals surface area contributed by atoms with E-state index in [9.17, 15) is 32.6 Å². The lowest BCUT2D eigenvalue weighted by Gasteiger charge is -2.35. The third kappa shape index (κ3) is 5.74. The number of aliphatic hydroxyl groups is 1. The summed E-state index contributed by atoms with van der Waals surface area (Å²) in [6, 6.07) is 7.04. The van der Waals surface area contributed by atoms with Gasteiger partial charge in [-0.1, -0.05) is 19.9 Å². The van der Waals surface area contributed by atoms with Crippen LogP contribution in [0.3, 0.4) is 0 Å². The Kier molecular flexibility index (Phi) is 8.06. The van der Waals surface area contributed by atoms with Crippen molar-refractivity contribution in [2.75, 3.05) is 5.32 Å². The SMILES string of the molecule is CCc1cc2c(c(CC)c1P(=O)(O)O)CCCC2(O)c1ncc(-c2cc(C)cc(Nc3cc(C(F)(F)F)ccn3)n2)s1. The lowest BCUT2D eigenvalue weighted by Crippen LogP contribution is -2.35. The van der Waals surface area contributed by atoms with Crippen LogP contribution in [0.15, 0.2) is 42.7 Å². The van der Waals surface area contributed by atoms with Crippen molar-refractivity contribution in [3.63, 3.8) is 0 Å². The van der Waals surface area contributed by atoms with Crippen LogP contribution in [0.1, 0.15) is 65.1 Å². The summed E-state index contributed by atoms with van der Waals surface area (Å²) >= 11 is 1.25. The Morgan fingerprint density at radius 1 is 1.10 bits per heavy atom. The van der Waals surface area contributed by atoms with Crippen LogP contribution in [0.5, 0.6) is 0 Å². The summed E-state index contributed by atoms with van der Waals surface area (Å²) in [6.45, 7) is 5.51. The molecule has 1 aliphatic carbocycles. The quantitative estimate of drug-likeness (QED) is 0.181. The molecule has 3 aromatic heterocycles. The molecule has 0 bridgehead atoms. The van der Waals surface area contributed by atoms with Crippen LogP contribution in [0.4, 0.5) is 24.8 Å². The summed E-state index contributed by atoms with van der Waals surface area (Å²) in [7, 11) is -4.54. The number of hydrogen-bond acceptors (Lipinski definition) is 7. The van der Waals surface area contributed by atoms with E-state index in [1.165, 1.54) is 11.3 Å². The molecule has 0 aliphatic heterocycles. The maximum Gasteiger partial charge on any atom is 0.416 e. The lowest BCUT2D eigenvalue weighted by molar-refractivity contribution is -0.137. The number of nitrogens with zero attached hydrogens (tertiary/aromatic N) is 3. The van der Waals surface area contributed by atoms with Crippen molar-refractivity contribution in [2.45, 2.75) is 64.7 Å². The molecule has 8 nitrogen and oxygen atoms in total. The number of benzene rings is 1. The summed E-state index contributed by atoms with van der Waals surface area (Å²) in [5.74, 6) is 0.304. The molecular weight excluding hydrogens is 588 g/mol. The minimum atomic E-state index is -4.54. The van der Waals surface area contributed by atoms with E-state index in [0.717, 1.165) is 29.5 Å². The molecule has 0 fully saturated rings. The summed E-state index contributed by atoms with van der Waals surface area (Å²) < 4.78 is 51.9. The van der Waals surface area contributed by atoms with Gasteiger partial charge >= 0.3 is 13.8 Å². The van der Waals surface area contributed by atoms with Gasteiger partial charge in [0.05, 0.1) is 21.4 Å². The Morgan fingerprint density at radius 3 is 2.52 bits per heavy atom. The first-order valence-corrected chi connectivity index (χ1v) is 15.9. The molecule has 4 aromatic rings. The molecule has 1 aromatic carbocycles. The van der Waals surface area contributed by atoms with Crippen molar-refractivity contribution < 1.29 is 32.6 Å². The molecule has 1 atom stereocenters. The average Bonchev–Trinajstić information content (AvgIpc) is 3.43. The third-order valence-electron chi connectivity index (χ3n) is 7.46. The van der Waals surface area contributed by atoms with Crippen LogP contribution >= 0.6 is 18.9 Å². The Bertz CT molecular complexity index is 1700. The minimum Gasteiger partial charge on any atom is -0.378 e. The number of aromatic nitrogens is 3. The Hall–Kier alpha value is -3.15. The highest BCUT2D eigenvalue weighted by Crippen LogP contribution is 2.47. The molecule has 0 saturated heterocycles. The number of nitrogens with one attached hydrogen (secondary N) is 1. The molecule has 1 unspecified atom stereocenters. The van der Waals surface area contributed by atoms with E-state index in [1.807, 2.05) is 26.8 Å². The summed E-state index contributed by atoms with van der Waals surface area (Å²) in [6.07, 6.45) is 0.580. The van der Waals surface area contributed by atoms with Crippen molar-refractivity contribution in [1.29, 1.82) is 0 Å². The predicted octanol–water partition coefficient (Wildman–Crippen LogP) is 6.17. The number of pyridine rings is 2. The van der Waals surface area contributed by atoms with Gasteiger partial charge in [0, 0.05) is 12.4 Å². The Morgan fingerprint density at radius 2 is 1.86 bits per heavy atom. The van der Waals surface area contributed by atoms with Crippen molar-refractivity contribution in [3.8, 4) is 10.6 Å². The topological polar surface area (TPSA) is 128 Å². The summed E-state index contributed by atoms with van der Waals surface area (Å²) in [5.41, 5.74) is 1.52. The molecule has 0 spiro atoms. The van der Waals surface area contributed by atoms with Crippen LogP contribution < -0.4 is 10.6 Å². The number of rotatable bonds is 7. The molecule has 0 amide bonds. The first-order chi connectivity index (χ1) is 19.7. The fourth-order valence-corrected chi connectivity index (χ4v) is 7.87. The smallest absolute Gasteiger partial charge is 0.378 e. The molecule has 0 saturated carbocycles. The van der Waals surface area contributed by atoms with Gasteiger partial charge in [-0.25, -0.2) is 15.0 Å². The largest absolute Gasteiger partial charge is 0.416 e. The highest BCUT2D eigenvalue weighted by Gasteiger charge is 2.42. The zero-order valence-electron chi connectivity index (χ0n) is 23.2. The predicted molar refractivity (Wildman–Crippen MR) is 155 cm³/mol. The van der Waals surface area contributed by atoms with Crippen LogP contribution in [0.2, 0.25) is 0 Å². The number of fused-ring (bicyclic) bond motifs is 1. The molecule has 4 N–H and O–H groups in total. The number of halogens is 3. The lowest BCUT2D eigenvalue weighted by atomic mass is 9.76. The monoisotopic (exact) mass is 618 g/mol. The standard InChI is InChI=1S/C29H30F3N4O4PS/c1-4-17-13-21-20(19(5-2)26(17)41(38,39)40)7-6-9-28(21,37)27-34-15-23(42-27)22-11-16(3)12-25(35-22)36-24-14-18(8-10-33-24)29(30,31)32/h8,10-15,37H,4-7,9H2,1-3H3,(H,33,35,36)(H2,38,39,40). The van der Waals surface area contributed by atoms with Gasteiger partial charge in [-0.15, -0.1) is 11.3 Å². The summed E-state index contributed by atoms with van der Waals surface area (Å²) in [4.78, 5) is 34.1. The van der Waals surface area contributed by atoms with Gasteiger partial charge in [0.25, 0.3) is 0 Å². The van der Waals surface area contributed by atoms with Crippen molar-refractivity contribution >= 4 is 35.9 Å². The second-order valence-electron chi connectivity index (χ2n) is 10.4. The van der Waals surface area contributed by atoms with E-state index < -0.39 is 24.9 Å². The van der Waals surface area contributed by atoms with Gasteiger partial charge in [0.1, 0.15) is 22.2 Å². The zero-order valence-corrected chi connectivity index (χ0v) is 24.9. The molecule has 222 valence electrons. The van der Waals surface area contributed by atoms with Crippen LogP contribution in [-0.4, -0.2) is 29.8 Å². The van der Waals surface area contributed by atoms with E-state index in [0.29, 0.717) is 70.2 Å². The van der Waals surface area contributed by atoms with Crippen molar-refractivity contribution in [3.05, 3.63) is 81.1 Å². The number of anilines is 2. The maximum absolute atomic E-state index is 13.2. The van der Waals surface area contributed by atoms with Gasteiger partial charge < -0.3 is 20.2 Å². The third-order valence-corrected chi connectivity index (χ3v) is 9.77. The maximum atomic E-state index is 13.2. The molecule has 13 heteroatoms. The average molecular weight is 619 g/mol. The van der Waals surface area contributed by atoms with E-state index in [2.05, 4.69) is 20.3 Å². The van der Waals surface area contributed by atoms with Gasteiger partial charge in [-0.2, -0.15) is 13.2 Å². The van der Waals surface area contributed by atoms with Crippen molar-refractivity contribution in [2.24, 2.45) is 0 Å². The Balaban J connectivity index is 1.53. The van der Waals surface area contributed by atoms with E-state index in [-0.39, 0.29) is 11.1 Å². The molecule has 42 heavy (non-hydrogen) atoms. The van der Waals surface area contributed by atoms with Gasteiger partial charge in [0.15, 0.2) is 0 Å². The van der Waals surface area contributed by atoms with Gasteiger partial charge in [-0.05, 0) is 91.1 Å². The fraction of sp³-hybridized carbons (Fsp3) is 0.345. The van der Waals surface area contributed by atoms with Crippen LogP contribution in [0, 0.1) is 6.92 Å². The fourth-order valence-electron chi connectivity index (χ4n) is 5.62. The Labute approximate surface area is 244 Å². The second kappa shape index (κ2) is 11.2. The second-order valence-corrected chi connectivity index (χ2v) is 12.9. The molecule has 5 rings (SSSR count). The van der Waals surface area contributed by atoms with Crippen LogP contribution in [-0.2, 0) is 35.6 Å². The minimum absolute atomic E-state index is 0.000115. The highest BCUT2D eigenvalue weighted by molar-refractivity contribution is 7.60. The van der Waals surface area contributed by atoms with Crippen LogP contribution in [0.25, 0.3) is 10.6 Å². The summed E-state index contributed by atoms with van der Waals surface area (Å²) in [5, 5.41) is 15.5. The number of aryl methyl sites for hydroxylation is 2. The molecule has 1 aliphatic rings. The number of alkyl halides is 3. The number of thiazole rings is 1. The van der Waals surface area contributed by atoms with Gasteiger partial charge in [0.2, 0.25) is 0 Å². The first kappa shape index (κ1) is 30.3. The van der Waals surface area contributed by atoms with Crippen molar-refractivity contribution in [1.82, 2.24) is 15.0 Å².